The van der Waals surface area contributed by atoms with Crippen molar-refractivity contribution in [2.24, 2.45) is 0 Å². The van der Waals surface area contributed by atoms with Gasteiger partial charge in [-0.25, -0.2) is 0 Å². The maximum atomic E-state index is 10.2. The second kappa shape index (κ2) is 9.24. The number of benzene rings is 6. The van der Waals surface area contributed by atoms with Crippen molar-refractivity contribution in [2.45, 2.75) is 0 Å². The molecule has 2 heterocycles. The summed E-state index contributed by atoms with van der Waals surface area (Å²) in [5.41, 5.74) is 9.02. The number of nitrogens with zero attached hydrogens (tertiary/aromatic N) is 4. The topological polar surface area (TPSA) is 57.4 Å². The average Bonchev–Trinajstić information content (AvgIpc) is 3.57. The van der Waals surface area contributed by atoms with Gasteiger partial charge in [0.25, 0.3) is 0 Å². The van der Waals surface area contributed by atoms with Crippen molar-refractivity contribution >= 4 is 43.6 Å². The molecule has 2 aromatic heterocycles. The summed E-state index contributed by atoms with van der Waals surface area (Å²) in [6.07, 6.45) is 0. The van der Waals surface area contributed by atoms with Crippen LogP contribution in [-0.2, 0) is 0 Å². The average molecular weight is 535 g/mol. The second-order valence-corrected chi connectivity index (χ2v) is 10.4. The molecule has 0 aliphatic rings. The third kappa shape index (κ3) is 3.40. The lowest BCUT2D eigenvalue weighted by Gasteiger charge is -2.16. The van der Waals surface area contributed by atoms with Crippen LogP contribution in [0, 0.1) is 22.7 Å². The Hall–Kier alpha value is -6.10. The highest BCUT2D eigenvalue weighted by Gasteiger charge is 2.21. The van der Waals surface area contributed by atoms with E-state index in [1.54, 1.807) is 12.1 Å². The van der Waals surface area contributed by atoms with E-state index in [1.165, 1.54) is 10.8 Å². The van der Waals surface area contributed by atoms with Gasteiger partial charge in [0.1, 0.15) is 0 Å². The highest BCUT2D eigenvalue weighted by Crippen LogP contribution is 2.42. The number of aromatic nitrogens is 2. The summed E-state index contributed by atoms with van der Waals surface area (Å²) in [5, 5.41) is 24.6. The molecule has 0 spiro atoms. The summed E-state index contributed by atoms with van der Waals surface area (Å²) in [6, 6.07) is 50.1. The van der Waals surface area contributed by atoms with Crippen LogP contribution in [0.2, 0.25) is 0 Å². The fourth-order valence-electron chi connectivity index (χ4n) is 6.40. The Bertz CT molecular complexity index is 2380. The van der Waals surface area contributed by atoms with Crippen LogP contribution in [0.4, 0.5) is 0 Å². The van der Waals surface area contributed by atoms with Crippen LogP contribution in [0.25, 0.3) is 66.1 Å². The van der Waals surface area contributed by atoms with E-state index in [-0.39, 0.29) is 0 Å². The number of para-hydroxylation sites is 4. The number of hydrogen-bond donors (Lipinski definition) is 0. The van der Waals surface area contributed by atoms with Crippen molar-refractivity contribution in [2.75, 3.05) is 0 Å². The minimum absolute atomic E-state index is 0.516. The van der Waals surface area contributed by atoms with Crippen LogP contribution < -0.4 is 0 Å². The molecule has 0 atom stereocenters. The molecule has 0 radical (unpaired) electrons. The molecule has 0 aliphatic heterocycles. The van der Waals surface area contributed by atoms with E-state index in [0.29, 0.717) is 11.1 Å². The summed E-state index contributed by atoms with van der Waals surface area (Å²) in [7, 11) is 0. The van der Waals surface area contributed by atoms with Crippen LogP contribution in [0.15, 0.2) is 133 Å². The maximum absolute atomic E-state index is 10.2. The van der Waals surface area contributed by atoms with Crippen molar-refractivity contribution in [3.63, 3.8) is 0 Å². The Morgan fingerprint density at radius 3 is 1.62 bits per heavy atom. The molecule has 4 nitrogen and oxygen atoms in total. The zero-order valence-electron chi connectivity index (χ0n) is 22.5. The lowest BCUT2D eigenvalue weighted by molar-refractivity contribution is 1.17. The highest BCUT2D eigenvalue weighted by atomic mass is 15.0. The van der Waals surface area contributed by atoms with Gasteiger partial charge in [-0.15, -0.1) is 0 Å². The van der Waals surface area contributed by atoms with Crippen LogP contribution in [0.5, 0.6) is 0 Å². The molecule has 6 aromatic carbocycles. The van der Waals surface area contributed by atoms with E-state index in [0.717, 1.165) is 55.3 Å². The molecular weight excluding hydrogens is 512 g/mol. The smallest absolute Gasteiger partial charge is 0.0998 e. The van der Waals surface area contributed by atoms with Crippen LogP contribution in [0.1, 0.15) is 11.1 Å². The van der Waals surface area contributed by atoms with Crippen molar-refractivity contribution in [1.82, 2.24) is 9.13 Å². The SMILES string of the molecule is N#Cc1ccc(C#N)c(-c2cc(-n3c4ccccc4c4ccccc43)cc3c4ccccc4n(-c4ccccc4)c23)c1. The lowest BCUT2D eigenvalue weighted by Crippen LogP contribution is -1.99. The van der Waals surface area contributed by atoms with Crippen LogP contribution in [-0.4, -0.2) is 9.13 Å². The lowest BCUT2D eigenvalue weighted by atomic mass is 9.95. The Kier molecular flexibility index (Phi) is 5.22. The predicted molar refractivity (Wildman–Crippen MR) is 170 cm³/mol. The van der Waals surface area contributed by atoms with Crippen LogP contribution in [0.3, 0.4) is 0 Å². The Morgan fingerprint density at radius 2 is 1.00 bits per heavy atom. The molecule has 0 aliphatic carbocycles. The molecule has 0 bridgehead atoms. The minimum atomic E-state index is 0.516. The van der Waals surface area contributed by atoms with Gasteiger partial charge in [-0.1, -0.05) is 72.8 Å². The largest absolute Gasteiger partial charge is 0.309 e. The highest BCUT2D eigenvalue weighted by molar-refractivity contribution is 6.16. The molecule has 8 aromatic rings. The summed E-state index contributed by atoms with van der Waals surface area (Å²) in [6.45, 7) is 0. The van der Waals surface area contributed by atoms with Gasteiger partial charge in [-0.2, -0.15) is 10.5 Å². The summed E-state index contributed by atoms with van der Waals surface area (Å²) in [4.78, 5) is 0. The van der Waals surface area contributed by atoms with Crippen LogP contribution >= 0.6 is 0 Å². The van der Waals surface area contributed by atoms with E-state index in [4.69, 9.17) is 0 Å². The van der Waals surface area contributed by atoms with Crippen molar-refractivity contribution < 1.29 is 0 Å². The second-order valence-electron chi connectivity index (χ2n) is 10.4. The van der Waals surface area contributed by atoms with Crippen molar-refractivity contribution in [3.05, 3.63) is 145 Å². The van der Waals surface area contributed by atoms with Gasteiger partial charge in [0.15, 0.2) is 0 Å². The van der Waals surface area contributed by atoms with Gasteiger partial charge in [0, 0.05) is 44.0 Å². The monoisotopic (exact) mass is 534 g/mol. The molecule has 0 saturated heterocycles. The van der Waals surface area contributed by atoms with Crippen molar-refractivity contribution in [1.29, 1.82) is 10.5 Å². The van der Waals surface area contributed by atoms with E-state index in [9.17, 15) is 10.5 Å². The molecule has 42 heavy (non-hydrogen) atoms. The normalized spacial score (nSPS) is 11.3. The Balaban J connectivity index is 1.60. The number of fused-ring (bicyclic) bond motifs is 6. The summed E-state index contributed by atoms with van der Waals surface area (Å²) >= 11 is 0. The van der Waals surface area contributed by atoms with Gasteiger partial charge < -0.3 is 9.13 Å². The quantitative estimate of drug-likeness (QED) is 0.227. The first-order valence-electron chi connectivity index (χ1n) is 13.8. The molecular formula is C38H22N4. The van der Waals surface area contributed by atoms with Gasteiger partial charge in [0.05, 0.1) is 45.3 Å². The fraction of sp³-hybridized carbons (Fsp3) is 0. The minimum Gasteiger partial charge on any atom is -0.309 e. The van der Waals surface area contributed by atoms with E-state index < -0.39 is 0 Å². The summed E-state index contributed by atoms with van der Waals surface area (Å²) in [5.74, 6) is 0. The van der Waals surface area contributed by atoms with Gasteiger partial charge >= 0.3 is 0 Å². The van der Waals surface area contributed by atoms with Gasteiger partial charge in [0.2, 0.25) is 0 Å². The standard InChI is InChI=1S/C38H22N4/c39-23-25-18-19-26(24-40)32(20-25)34-22-28(41-35-15-7-4-12-29(35)30-13-5-8-16-36(30)41)21-33-31-14-6-9-17-37(31)42(38(33)34)27-10-2-1-3-11-27/h1-22H. The first kappa shape index (κ1) is 23.8. The maximum Gasteiger partial charge on any atom is 0.0998 e. The molecule has 0 amide bonds. The summed E-state index contributed by atoms with van der Waals surface area (Å²) < 4.78 is 4.58. The fourth-order valence-corrected chi connectivity index (χ4v) is 6.40. The third-order valence-electron chi connectivity index (χ3n) is 8.17. The van der Waals surface area contributed by atoms with E-state index in [1.807, 2.05) is 24.3 Å². The Labute approximate surface area is 242 Å². The van der Waals surface area contributed by atoms with E-state index >= 15 is 0 Å². The zero-order chi connectivity index (χ0) is 28.2. The predicted octanol–water partition coefficient (Wildman–Crippen LogP) is 9.29. The van der Waals surface area contributed by atoms with Crippen molar-refractivity contribution in [3.8, 4) is 34.6 Å². The molecule has 0 N–H and O–H groups in total. The third-order valence-corrected chi connectivity index (χ3v) is 8.17. The molecule has 0 saturated carbocycles. The number of nitriles is 2. The first-order chi connectivity index (χ1) is 20.8. The van der Waals surface area contributed by atoms with E-state index in [2.05, 4.69) is 118 Å². The molecule has 194 valence electrons. The molecule has 8 rings (SSSR count). The molecule has 4 heteroatoms. The molecule has 0 unspecified atom stereocenters. The number of hydrogen-bond acceptors (Lipinski definition) is 2. The van der Waals surface area contributed by atoms with Gasteiger partial charge in [-0.3, -0.25) is 0 Å². The number of rotatable bonds is 3. The molecule has 0 fully saturated rings. The first-order valence-corrected chi connectivity index (χ1v) is 13.8. The zero-order valence-corrected chi connectivity index (χ0v) is 22.5. The van der Waals surface area contributed by atoms with Gasteiger partial charge in [-0.05, 0) is 60.7 Å². The Morgan fingerprint density at radius 1 is 0.429 bits per heavy atom.